The van der Waals surface area contributed by atoms with Crippen LogP contribution in [-0.4, -0.2) is 27.6 Å². The van der Waals surface area contributed by atoms with Gasteiger partial charge in [-0.2, -0.15) is 0 Å². The van der Waals surface area contributed by atoms with E-state index in [2.05, 4.69) is 26.2 Å². The van der Waals surface area contributed by atoms with E-state index in [1.807, 2.05) is 0 Å². The molecule has 0 spiro atoms. The maximum Gasteiger partial charge on any atom is 0.327 e. The number of ether oxygens (including phenoxy) is 1. The molecule has 1 heterocycles. The summed E-state index contributed by atoms with van der Waals surface area (Å²) in [5, 5.41) is 7.70. The number of aromatic nitrogens is 3. The second kappa shape index (κ2) is 5.92. The molecule has 0 radical (unpaired) electrons. The molecule has 5 nitrogen and oxygen atoms in total. The highest BCUT2D eigenvalue weighted by Gasteiger charge is 2.09. The lowest BCUT2D eigenvalue weighted by Crippen LogP contribution is -2.13. The van der Waals surface area contributed by atoms with Crippen LogP contribution in [-0.2, 0) is 16.1 Å². The van der Waals surface area contributed by atoms with Gasteiger partial charge in [0.1, 0.15) is 18.1 Å². The Balaban J connectivity index is 2.18. The van der Waals surface area contributed by atoms with Crippen LogP contribution in [0.5, 0.6) is 0 Å². The molecule has 0 aliphatic rings. The van der Waals surface area contributed by atoms with Gasteiger partial charge < -0.3 is 4.74 Å². The summed E-state index contributed by atoms with van der Waals surface area (Å²) >= 11 is 3.21. The molecule has 0 amide bonds. The molecule has 100 valence electrons. The van der Waals surface area contributed by atoms with Gasteiger partial charge in [-0.1, -0.05) is 21.1 Å². The predicted molar refractivity (Wildman–Crippen MR) is 69.7 cm³/mol. The summed E-state index contributed by atoms with van der Waals surface area (Å²) in [7, 11) is 0. The minimum absolute atomic E-state index is 0.0165. The number of halogens is 2. The van der Waals surface area contributed by atoms with Gasteiger partial charge in [0.15, 0.2) is 0 Å². The van der Waals surface area contributed by atoms with Crippen molar-refractivity contribution in [1.29, 1.82) is 0 Å². The number of benzene rings is 1. The molecule has 0 unspecified atom stereocenters. The van der Waals surface area contributed by atoms with Crippen molar-refractivity contribution >= 4 is 21.9 Å². The Bertz CT molecular complexity index is 580. The van der Waals surface area contributed by atoms with Gasteiger partial charge in [-0.15, -0.1) is 5.10 Å². The Morgan fingerprint density at radius 1 is 1.47 bits per heavy atom. The monoisotopic (exact) mass is 327 g/mol. The van der Waals surface area contributed by atoms with Crippen LogP contribution in [0, 0.1) is 5.82 Å². The molecule has 0 atom stereocenters. The Morgan fingerprint density at radius 2 is 2.26 bits per heavy atom. The molecule has 7 heteroatoms. The fourth-order valence-corrected chi connectivity index (χ4v) is 2.01. The number of nitrogens with zero attached hydrogens (tertiary/aromatic N) is 3. The summed E-state index contributed by atoms with van der Waals surface area (Å²) in [5.41, 5.74) is 1.08. The van der Waals surface area contributed by atoms with Crippen molar-refractivity contribution in [3.05, 3.63) is 34.7 Å². The first-order chi connectivity index (χ1) is 9.08. The third-order valence-corrected chi connectivity index (χ3v) is 2.75. The van der Waals surface area contributed by atoms with Crippen LogP contribution in [0.2, 0.25) is 0 Å². The first kappa shape index (κ1) is 13.7. The fraction of sp³-hybridized carbons (Fsp3) is 0.250. The fourth-order valence-electron chi connectivity index (χ4n) is 1.55. The quantitative estimate of drug-likeness (QED) is 0.809. The van der Waals surface area contributed by atoms with Crippen molar-refractivity contribution in [3.63, 3.8) is 0 Å². The smallest absolute Gasteiger partial charge is 0.327 e. The van der Waals surface area contributed by atoms with E-state index in [1.54, 1.807) is 19.2 Å². The largest absolute Gasteiger partial charge is 0.465 e. The van der Waals surface area contributed by atoms with E-state index in [-0.39, 0.29) is 18.3 Å². The summed E-state index contributed by atoms with van der Waals surface area (Å²) in [6, 6.07) is 4.43. The van der Waals surface area contributed by atoms with E-state index >= 15 is 0 Å². The first-order valence-electron chi connectivity index (χ1n) is 5.60. The van der Waals surface area contributed by atoms with Crippen molar-refractivity contribution in [2.24, 2.45) is 0 Å². The van der Waals surface area contributed by atoms with Gasteiger partial charge in [-0.25, -0.2) is 9.07 Å². The molecule has 1 aromatic carbocycles. The average Bonchev–Trinajstić information content (AvgIpc) is 2.76. The molecule has 0 aliphatic carbocycles. The van der Waals surface area contributed by atoms with E-state index in [1.165, 1.54) is 16.8 Å². The summed E-state index contributed by atoms with van der Waals surface area (Å²) in [6.45, 7) is 2.03. The van der Waals surface area contributed by atoms with Crippen LogP contribution in [0.4, 0.5) is 4.39 Å². The zero-order valence-corrected chi connectivity index (χ0v) is 11.7. The van der Waals surface area contributed by atoms with Gasteiger partial charge in [0.2, 0.25) is 0 Å². The molecule has 1 aromatic heterocycles. The van der Waals surface area contributed by atoms with Gasteiger partial charge >= 0.3 is 5.97 Å². The van der Waals surface area contributed by atoms with Crippen molar-refractivity contribution in [1.82, 2.24) is 15.0 Å². The van der Waals surface area contributed by atoms with Crippen LogP contribution >= 0.6 is 15.9 Å². The number of carbonyl (C=O) groups excluding carboxylic acids is 1. The normalized spacial score (nSPS) is 10.5. The molecular formula is C12H11BrFN3O2. The third kappa shape index (κ3) is 3.60. The predicted octanol–water partition coefficient (Wildman–Crippen LogP) is 2.41. The maximum atomic E-state index is 13.3. The molecule has 0 saturated carbocycles. The maximum absolute atomic E-state index is 13.3. The first-order valence-corrected chi connectivity index (χ1v) is 6.40. The number of rotatable bonds is 4. The van der Waals surface area contributed by atoms with Crippen LogP contribution in [0.1, 0.15) is 6.92 Å². The van der Waals surface area contributed by atoms with Gasteiger partial charge in [-0.05, 0) is 25.1 Å². The third-order valence-electron chi connectivity index (χ3n) is 2.29. The van der Waals surface area contributed by atoms with Gasteiger partial charge in [0, 0.05) is 10.0 Å². The van der Waals surface area contributed by atoms with E-state index in [4.69, 9.17) is 4.74 Å². The topological polar surface area (TPSA) is 57.0 Å². The summed E-state index contributed by atoms with van der Waals surface area (Å²) in [6.07, 6.45) is 1.57. The Kier molecular flexibility index (Phi) is 4.26. The lowest BCUT2D eigenvalue weighted by molar-refractivity contribution is -0.144. The molecule has 19 heavy (non-hydrogen) atoms. The molecule has 0 fully saturated rings. The Morgan fingerprint density at radius 3 is 2.95 bits per heavy atom. The molecule has 2 rings (SSSR count). The molecule has 0 bridgehead atoms. The number of hydrogen-bond donors (Lipinski definition) is 0. The van der Waals surface area contributed by atoms with E-state index in [9.17, 15) is 9.18 Å². The minimum atomic E-state index is -0.389. The van der Waals surface area contributed by atoms with E-state index in [0.717, 1.165) is 0 Å². The molecule has 2 aromatic rings. The van der Waals surface area contributed by atoms with Crippen LogP contribution in [0.15, 0.2) is 28.9 Å². The van der Waals surface area contributed by atoms with Crippen molar-refractivity contribution in [3.8, 4) is 11.3 Å². The lowest BCUT2D eigenvalue weighted by Gasteiger charge is -2.00. The van der Waals surface area contributed by atoms with Gasteiger partial charge in [-0.3, -0.25) is 4.79 Å². The van der Waals surface area contributed by atoms with Crippen molar-refractivity contribution < 1.29 is 13.9 Å². The Hall–Kier alpha value is -1.76. The van der Waals surface area contributed by atoms with Gasteiger partial charge in [0.25, 0.3) is 0 Å². The highest BCUT2D eigenvalue weighted by molar-refractivity contribution is 9.10. The molecule has 0 N–H and O–H groups in total. The zero-order chi connectivity index (χ0) is 13.8. The number of esters is 1. The summed E-state index contributed by atoms with van der Waals surface area (Å²) in [5.74, 6) is -0.760. The van der Waals surface area contributed by atoms with Crippen LogP contribution < -0.4 is 0 Å². The number of hydrogen-bond acceptors (Lipinski definition) is 4. The molecule has 0 saturated heterocycles. The summed E-state index contributed by atoms with van der Waals surface area (Å²) in [4.78, 5) is 11.3. The number of carbonyl (C=O) groups is 1. The highest BCUT2D eigenvalue weighted by Crippen LogP contribution is 2.22. The van der Waals surface area contributed by atoms with E-state index < -0.39 is 0 Å². The minimum Gasteiger partial charge on any atom is -0.465 e. The lowest BCUT2D eigenvalue weighted by atomic mass is 10.2. The van der Waals surface area contributed by atoms with Crippen molar-refractivity contribution in [2.75, 3.05) is 6.61 Å². The summed E-state index contributed by atoms with van der Waals surface area (Å²) < 4.78 is 20.0. The van der Waals surface area contributed by atoms with Crippen LogP contribution in [0.3, 0.4) is 0 Å². The molecular weight excluding hydrogens is 317 g/mol. The molecule has 0 aliphatic heterocycles. The van der Waals surface area contributed by atoms with E-state index in [0.29, 0.717) is 22.3 Å². The van der Waals surface area contributed by atoms with Crippen LogP contribution in [0.25, 0.3) is 11.3 Å². The zero-order valence-electron chi connectivity index (χ0n) is 10.1. The highest BCUT2D eigenvalue weighted by atomic mass is 79.9. The van der Waals surface area contributed by atoms with Crippen molar-refractivity contribution in [2.45, 2.75) is 13.5 Å². The standard InChI is InChI=1S/C12H11BrFN3O2/c1-2-19-12(18)7-17-6-11(15-16-17)8-3-9(13)5-10(14)4-8/h3-6H,2,7H2,1H3. The second-order valence-electron chi connectivity index (χ2n) is 3.76. The second-order valence-corrected chi connectivity index (χ2v) is 4.68. The SMILES string of the molecule is CCOC(=O)Cn1cc(-c2cc(F)cc(Br)c2)nn1. The Labute approximate surface area is 117 Å². The van der Waals surface area contributed by atoms with Gasteiger partial charge in [0.05, 0.1) is 12.8 Å². The average molecular weight is 328 g/mol.